The van der Waals surface area contributed by atoms with Crippen LogP contribution in [0, 0.1) is 5.92 Å². The predicted molar refractivity (Wildman–Crippen MR) is 121 cm³/mol. The lowest BCUT2D eigenvalue weighted by Gasteiger charge is -2.29. The van der Waals surface area contributed by atoms with Crippen LogP contribution in [0.25, 0.3) is 0 Å². The van der Waals surface area contributed by atoms with Crippen LogP contribution in [0.15, 0.2) is 42.5 Å². The van der Waals surface area contributed by atoms with Crippen molar-refractivity contribution in [3.63, 3.8) is 0 Å². The minimum absolute atomic E-state index is 0.226. The summed E-state index contributed by atoms with van der Waals surface area (Å²) in [5.74, 6) is 0.0772. The van der Waals surface area contributed by atoms with E-state index in [9.17, 15) is 9.59 Å². The molecule has 0 fully saturated rings. The van der Waals surface area contributed by atoms with Crippen LogP contribution in [0.3, 0.4) is 0 Å². The van der Waals surface area contributed by atoms with Crippen LogP contribution in [0.4, 0.5) is 0 Å². The zero-order valence-electron chi connectivity index (χ0n) is 17.1. The van der Waals surface area contributed by atoms with Gasteiger partial charge in [0.05, 0.1) is 5.02 Å². The molecule has 0 unspecified atom stereocenters. The van der Waals surface area contributed by atoms with E-state index < -0.39 is 6.04 Å². The van der Waals surface area contributed by atoms with Crippen molar-refractivity contribution in [3.8, 4) is 5.75 Å². The fourth-order valence-electron chi connectivity index (χ4n) is 2.64. The molecule has 2 amide bonds. The SMILES string of the molecule is CC(C)CNC(=O)[C@H](C)N(Cc1ccc(Cl)cc1)C(=O)COc1ccc(Cl)cc1Cl. The number of hydrogen-bond donors (Lipinski definition) is 1. The molecule has 0 saturated heterocycles. The second-order valence-corrected chi connectivity index (χ2v) is 8.61. The number of amides is 2. The zero-order valence-corrected chi connectivity index (χ0v) is 19.4. The Labute approximate surface area is 192 Å². The Morgan fingerprint density at radius 3 is 2.23 bits per heavy atom. The van der Waals surface area contributed by atoms with Crippen LogP contribution in [0.2, 0.25) is 15.1 Å². The predicted octanol–water partition coefficient (Wildman–Crippen LogP) is 5.22. The molecule has 0 aliphatic rings. The van der Waals surface area contributed by atoms with Gasteiger partial charge in [0, 0.05) is 23.1 Å². The van der Waals surface area contributed by atoms with Crippen molar-refractivity contribution in [1.82, 2.24) is 10.2 Å². The van der Waals surface area contributed by atoms with Gasteiger partial charge in [-0.1, -0.05) is 60.8 Å². The monoisotopic (exact) mass is 470 g/mol. The number of carbonyl (C=O) groups is 2. The summed E-state index contributed by atoms with van der Waals surface area (Å²) in [7, 11) is 0. The molecule has 8 heteroatoms. The van der Waals surface area contributed by atoms with E-state index in [1.165, 1.54) is 11.0 Å². The van der Waals surface area contributed by atoms with Gasteiger partial charge in [0.1, 0.15) is 11.8 Å². The molecular weight excluding hydrogens is 447 g/mol. The Morgan fingerprint density at radius 2 is 1.63 bits per heavy atom. The van der Waals surface area contributed by atoms with E-state index in [-0.39, 0.29) is 25.0 Å². The lowest BCUT2D eigenvalue weighted by Crippen LogP contribution is -2.49. The van der Waals surface area contributed by atoms with Crippen molar-refractivity contribution in [1.29, 1.82) is 0 Å². The van der Waals surface area contributed by atoms with Gasteiger partial charge in [0.2, 0.25) is 5.91 Å². The standard InChI is InChI=1S/C22H25Cl3N2O3/c1-14(2)11-26-22(29)15(3)27(12-16-4-6-17(23)7-5-16)21(28)13-30-20-9-8-18(24)10-19(20)25/h4-10,14-15H,11-13H2,1-3H3,(H,26,29)/t15-/m0/s1. The Hall–Kier alpha value is -1.95. The highest BCUT2D eigenvalue weighted by Gasteiger charge is 2.26. The first kappa shape index (κ1) is 24.3. The number of nitrogens with zero attached hydrogens (tertiary/aromatic N) is 1. The zero-order chi connectivity index (χ0) is 22.3. The van der Waals surface area contributed by atoms with Crippen LogP contribution in [0.5, 0.6) is 5.75 Å². The quantitative estimate of drug-likeness (QED) is 0.546. The molecule has 5 nitrogen and oxygen atoms in total. The Morgan fingerprint density at radius 1 is 1.00 bits per heavy atom. The molecule has 1 atom stereocenters. The highest BCUT2D eigenvalue weighted by Crippen LogP contribution is 2.27. The summed E-state index contributed by atoms with van der Waals surface area (Å²) in [4.78, 5) is 27.1. The van der Waals surface area contributed by atoms with Gasteiger partial charge in [-0.3, -0.25) is 9.59 Å². The average molecular weight is 472 g/mol. The first-order chi connectivity index (χ1) is 14.2. The van der Waals surface area contributed by atoms with Gasteiger partial charge in [0.25, 0.3) is 5.91 Å². The number of rotatable bonds is 9. The molecule has 2 aromatic carbocycles. The van der Waals surface area contributed by atoms with Gasteiger partial charge < -0.3 is 15.0 Å². The Kier molecular flexibility index (Phi) is 9.28. The fourth-order valence-corrected chi connectivity index (χ4v) is 3.23. The third kappa shape index (κ3) is 7.38. The maximum atomic E-state index is 13.0. The molecule has 0 heterocycles. The average Bonchev–Trinajstić information content (AvgIpc) is 2.70. The largest absolute Gasteiger partial charge is 0.482 e. The molecule has 1 N–H and O–H groups in total. The van der Waals surface area contributed by atoms with Crippen molar-refractivity contribution in [2.45, 2.75) is 33.4 Å². The van der Waals surface area contributed by atoms with Crippen molar-refractivity contribution in [2.24, 2.45) is 5.92 Å². The van der Waals surface area contributed by atoms with E-state index >= 15 is 0 Å². The van der Waals surface area contributed by atoms with Crippen molar-refractivity contribution >= 4 is 46.6 Å². The van der Waals surface area contributed by atoms with Gasteiger partial charge in [-0.25, -0.2) is 0 Å². The number of halogens is 3. The van der Waals surface area contributed by atoms with Crippen LogP contribution >= 0.6 is 34.8 Å². The van der Waals surface area contributed by atoms with E-state index in [2.05, 4.69) is 5.32 Å². The second kappa shape index (κ2) is 11.4. The first-order valence-corrected chi connectivity index (χ1v) is 10.7. The molecule has 0 radical (unpaired) electrons. The number of carbonyl (C=O) groups excluding carboxylic acids is 2. The van der Waals surface area contributed by atoms with Crippen molar-refractivity contribution in [3.05, 3.63) is 63.1 Å². The Balaban J connectivity index is 2.14. The molecule has 0 saturated carbocycles. The second-order valence-electron chi connectivity index (χ2n) is 7.33. The van der Waals surface area contributed by atoms with Gasteiger partial charge in [-0.15, -0.1) is 0 Å². The van der Waals surface area contributed by atoms with E-state index in [0.29, 0.717) is 33.3 Å². The van der Waals surface area contributed by atoms with E-state index in [0.717, 1.165) is 5.56 Å². The van der Waals surface area contributed by atoms with Gasteiger partial charge in [0.15, 0.2) is 6.61 Å². The number of hydrogen-bond acceptors (Lipinski definition) is 3. The van der Waals surface area contributed by atoms with Crippen LogP contribution in [-0.4, -0.2) is 35.9 Å². The molecule has 0 bridgehead atoms. The highest BCUT2D eigenvalue weighted by molar-refractivity contribution is 6.35. The number of ether oxygens (including phenoxy) is 1. The third-order valence-corrected chi connectivity index (χ3v) is 5.15. The topological polar surface area (TPSA) is 58.6 Å². The molecule has 0 aliphatic heterocycles. The van der Waals surface area contributed by atoms with Gasteiger partial charge in [-0.2, -0.15) is 0 Å². The van der Waals surface area contributed by atoms with Gasteiger partial charge >= 0.3 is 0 Å². The maximum Gasteiger partial charge on any atom is 0.261 e. The minimum Gasteiger partial charge on any atom is -0.482 e. The summed E-state index contributed by atoms with van der Waals surface area (Å²) in [6.07, 6.45) is 0. The smallest absolute Gasteiger partial charge is 0.261 e. The van der Waals surface area contributed by atoms with Crippen LogP contribution in [0.1, 0.15) is 26.3 Å². The van der Waals surface area contributed by atoms with Gasteiger partial charge in [-0.05, 0) is 48.7 Å². The molecule has 30 heavy (non-hydrogen) atoms. The van der Waals surface area contributed by atoms with E-state index in [1.807, 2.05) is 26.0 Å². The molecule has 2 aromatic rings. The molecular formula is C22H25Cl3N2O3. The third-order valence-electron chi connectivity index (χ3n) is 4.36. The molecule has 0 aromatic heterocycles. The molecule has 0 spiro atoms. The Bertz CT molecular complexity index is 872. The lowest BCUT2D eigenvalue weighted by atomic mass is 10.1. The molecule has 0 aliphatic carbocycles. The normalized spacial score (nSPS) is 11.8. The van der Waals surface area contributed by atoms with Crippen LogP contribution < -0.4 is 10.1 Å². The fraction of sp³-hybridized carbons (Fsp3) is 0.364. The number of benzene rings is 2. The maximum absolute atomic E-state index is 13.0. The molecule has 162 valence electrons. The highest BCUT2D eigenvalue weighted by atomic mass is 35.5. The first-order valence-electron chi connectivity index (χ1n) is 9.57. The van der Waals surface area contributed by atoms with Crippen molar-refractivity contribution in [2.75, 3.05) is 13.2 Å². The lowest BCUT2D eigenvalue weighted by molar-refractivity contribution is -0.142. The van der Waals surface area contributed by atoms with E-state index in [1.54, 1.807) is 31.2 Å². The summed E-state index contributed by atoms with van der Waals surface area (Å²) in [6, 6.07) is 11.2. The van der Waals surface area contributed by atoms with Crippen LogP contribution in [-0.2, 0) is 16.1 Å². The summed E-state index contributed by atoms with van der Waals surface area (Å²) in [5.41, 5.74) is 0.848. The summed E-state index contributed by atoms with van der Waals surface area (Å²) < 4.78 is 5.58. The molecule has 2 rings (SSSR count). The number of nitrogens with one attached hydrogen (secondary N) is 1. The summed E-state index contributed by atoms with van der Waals surface area (Å²) in [6.45, 7) is 6.21. The van der Waals surface area contributed by atoms with E-state index in [4.69, 9.17) is 39.5 Å². The summed E-state index contributed by atoms with van der Waals surface area (Å²) in [5, 5.41) is 4.25. The summed E-state index contributed by atoms with van der Waals surface area (Å²) >= 11 is 18.0. The van der Waals surface area contributed by atoms with Crippen molar-refractivity contribution < 1.29 is 14.3 Å². The minimum atomic E-state index is -0.684.